The normalized spacial score (nSPS) is 14.9. The standard InChI is InChI=1S/C18H20F2N4O2/c19-15-3-1-14(2-4-15)12-26-18(25)24-7-5-13(6-8-24)9-21-17-22-10-16(20)11-23-17/h1-4,10-11,13H,5-9,12H2,(H,21,22,23). The Morgan fingerprint density at radius 2 is 1.77 bits per heavy atom. The predicted molar refractivity (Wildman–Crippen MR) is 91.4 cm³/mol. The van der Waals surface area contributed by atoms with E-state index >= 15 is 0 Å². The zero-order chi connectivity index (χ0) is 18.4. The van der Waals surface area contributed by atoms with E-state index in [2.05, 4.69) is 15.3 Å². The number of halogens is 2. The fraction of sp³-hybridized carbons (Fsp3) is 0.389. The Morgan fingerprint density at radius 3 is 2.42 bits per heavy atom. The maximum absolute atomic E-state index is 12.9. The number of hydrogen-bond donors (Lipinski definition) is 1. The molecule has 1 fully saturated rings. The lowest BCUT2D eigenvalue weighted by Gasteiger charge is -2.31. The molecular weight excluding hydrogens is 342 g/mol. The van der Waals surface area contributed by atoms with Gasteiger partial charge in [0.25, 0.3) is 0 Å². The molecule has 1 aliphatic rings. The Morgan fingerprint density at radius 1 is 1.12 bits per heavy atom. The van der Waals surface area contributed by atoms with Crippen molar-refractivity contribution in [3.05, 3.63) is 53.9 Å². The first-order valence-corrected chi connectivity index (χ1v) is 8.48. The molecule has 0 radical (unpaired) electrons. The van der Waals surface area contributed by atoms with Gasteiger partial charge in [-0.1, -0.05) is 12.1 Å². The lowest BCUT2D eigenvalue weighted by molar-refractivity contribution is 0.0832. The SMILES string of the molecule is O=C(OCc1ccc(F)cc1)N1CCC(CNc2ncc(F)cn2)CC1. The zero-order valence-corrected chi connectivity index (χ0v) is 14.2. The molecule has 1 amide bonds. The highest BCUT2D eigenvalue weighted by Crippen LogP contribution is 2.18. The molecule has 1 aromatic heterocycles. The van der Waals surface area contributed by atoms with E-state index in [1.807, 2.05) is 0 Å². The van der Waals surface area contributed by atoms with Crippen LogP contribution in [0.4, 0.5) is 19.5 Å². The van der Waals surface area contributed by atoms with Crippen LogP contribution >= 0.6 is 0 Å². The third-order valence-corrected chi connectivity index (χ3v) is 4.32. The van der Waals surface area contributed by atoms with Crippen molar-refractivity contribution in [2.24, 2.45) is 5.92 Å². The minimum Gasteiger partial charge on any atom is -0.445 e. The molecule has 1 saturated heterocycles. The number of amides is 1. The van der Waals surface area contributed by atoms with Gasteiger partial charge in [-0.3, -0.25) is 0 Å². The maximum atomic E-state index is 12.9. The van der Waals surface area contributed by atoms with Gasteiger partial charge in [-0.05, 0) is 36.5 Å². The van der Waals surface area contributed by atoms with Crippen molar-refractivity contribution in [2.45, 2.75) is 19.4 Å². The van der Waals surface area contributed by atoms with Crippen LogP contribution in [0.5, 0.6) is 0 Å². The van der Waals surface area contributed by atoms with Crippen molar-refractivity contribution in [2.75, 3.05) is 25.0 Å². The highest BCUT2D eigenvalue weighted by Gasteiger charge is 2.23. The second-order valence-electron chi connectivity index (χ2n) is 6.22. The van der Waals surface area contributed by atoms with Crippen molar-refractivity contribution in [3.63, 3.8) is 0 Å². The Labute approximate surface area is 150 Å². The summed E-state index contributed by atoms with van der Waals surface area (Å²) < 4.78 is 30.9. The summed E-state index contributed by atoms with van der Waals surface area (Å²) in [7, 11) is 0. The summed E-state index contributed by atoms with van der Waals surface area (Å²) in [6.07, 6.45) is 3.55. The van der Waals surface area contributed by atoms with Crippen molar-refractivity contribution in [1.82, 2.24) is 14.9 Å². The number of piperidine rings is 1. The fourth-order valence-corrected chi connectivity index (χ4v) is 2.78. The van der Waals surface area contributed by atoms with Gasteiger partial charge in [-0.25, -0.2) is 23.5 Å². The summed E-state index contributed by atoms with van der Waals surface area (Å²) >= 11 is 0. The molecule has 3 rings (SSSR count). The molecule has 0 aliphatic carbocycles. The summed E-state index contributed by atoms with van der Waals surface area (Å²) in [6.45, 7) is 2.02. The van der Waals surface area contributed by atoms with Crippen LogP contribution in [-0.4, -0.2) is 40.6 Å². The number of carbonyl (C=O) groups excluding carboxylic acids is 1. The van der Waals surface area contributed by atoms with Crippen LogP contribution in [0.1, 0.15) is 18.4 Å². The smallest absolute Gasteiger partial charge is 0.410 e. The van der Waals surface area contributed by atoms with Crippen LogP contribution in [0.15, 0.2) is 36.7 Å². The zero-order valence-electron chi connectivity index (χ0n) is 14.2. The van der Waals surface area contributed by atoms with Crippen LogP contribution in [-0.2, 0) is 11.3 Å². The second kappa shape index (κ2) is 8.55. The minimum absolute atomic E-state index is 0.127. The van der Waals surface area contributed by atoms with Crippen LogP contribution in [0.3, 0.4) is 0 Å². The maximum Gasteiger partial charge on any atom is 0.410 e. The number of carbonyl (C=O) groups is 1. The topological polar surface area (TPSA) is 67.3 Å². The van der Waals surface area contributed by atoms with Crippen LogP contribution in [0.25, 0.3) is 0 Å². The molecule has 1 N–H and O–H groups in total. The molecule has 26 heavy (non-hydrogen) atoms. The average Bonchev–Trinajstić information content (AvgIpc) is 2.67. The van der Waals surface area contributed by atoms with Crippen molar-refractivity contribution in [3.8, 4) is 0 Å². The van der Waals surface area contributed by atoms with Crippen LogP contribution < -0.4 is 5.32 Å². The van der Waals surface area contributed by atoms with Gasteiger partial charge in [0.05, 0.1) is 12.4 Å². The number of nitrogens with zero attached hydrogens (tertiary/aromatic N) is 3. The number of likely N-dealkylation sites (tertiary alicyclic amines) is 1. The van der Waals surface area contributed by atoms with E-state index in [0.717, 1.165) is 30.8 Å². The number of rotatable bonds is 5. The monoisotopic (exact) mass is 362 g/mol. The lowest BCUT2D eigenvalue weighted by atomic mass is 9.97. The molecule has 1 aliphatic heterocycles. The molecule has 138 valence electrons. The highest BCUT2D eigenvalue weighted by molar-refractivity contribution is 5.67. The Hall–Kier alpha value is -2.77. The average molecular weight is 362 g/mol. The Balaban J connectivity index is 1.38. The summed E-state index contributed by atoms with van der Waals surface area (Å²) in [5.41, 5.74) is 0.748. The van der Waals surface area contributed by atoms with Gasteiger partial charge in [0, 0.05) is 19.6 Å². The number of ether oxygens (including phenoxy) is 1. The van der Waals surface area contributed by atoms with E-state index in [1.54, 1.807) is 17.0 Å². The number of aromatic nitrogens is 2. The minimum atomic E-state index is -0.469. The molecule has 0 spiro atoms. The largest absolute Gasteiger partial charge is 0.445 e. The number of benzene rings is 1. The molecule has 0 saturated carbocycles. The van der Waals surface area contributed by atoms with Crippen LogP contribution in [0.2, 0.25) is 0 Å². The van der Waals surface area contributed by atoms with Gasteiger partial charge in [0.1, 0.15) is 12.4 Å². The summed E-state index contributed by atoms with van der Waals surface area (Å²) in [5.74, 6) is -0.0119. The first kappa shape index (κ1) is 18.0. The van der Waals surface area contributed by atoms with Gasteiger partial charge in [0.2, 0.25) is 5.95 Å². The lowest BCUT2D eigenvalue weighted by Crippen LogP contribution is -2.40. The first-order valence-electron chi connectivity index (χ1n) is 8.48. The fourth-order valence-electron chi connectivity index (χ4n) is 2.78. The van der Waals surface area contributed by atoms with Crippen molar-refractivity contribution in [1.29, 1.82) is 0 Å². The van der Waals surface area contributed by atoms with Gasteiger partial charge in [-0.2, -0.15) is 0 Å². The molecule has 2 aromatic rings. The van der Waals surface area contributed by atoms with E-state index in [4.69, 9.17) is 4.74 Å². The van der Waals surface area contributed by atoms with E-state index in [-0.39, 0.29) is 18.5 Å². The number of hydrogen-bond acceptors (Lipinski definition) is 5. The van der Waals surface area contributed by atoms with Gasteiger partial charge >= 0.3 is 6.09 Å². The van der Waals surface area contributed by atoms with Crippen molar-refractivity contribution < 1.29 is 18.3 Å². The summed E-state index contributed by atoms with van der Waals surface area (Å²) in [5, 5.41) is 3.08. The van der Waals surface area contributed by atoms with Gasteiger partial charge in [0.15, 0.2) is 5.82 Å². The van der Waals surface area contributed by atoms with Gasteiger partial charge in [-0.15, -0.1) is 0 Å². The molecule has 6 nitrogen and oxygen atoms in total. The van der Waals surface area contributed by atoms with E-state index in [1.165, 1.54) is 12.1 Å². The number of nitrogens with one attached hydrogen (secondary N) is 1. The summed E-state index contributed by atoms with van der Waals surface area (Å²) in [6, 6.07) is 5.87. The van der Waals surface area contributed by atoms with Gasteiger partial charge < -0.3 is 15.0 Å². The number of anilines is 1. The van der Waals surface area contributed by atoms with E-state index < -0.39 is 5.82 Å². The highest BCUT2D eigenvalue weighted by atomic mass is 19.1. The third-order valence-electron chi connectivity index (χ3n) is 4.32. The molecule has 1 aromatic carbocycles. The quantitative estimate of drug-likeness (QED) is 0.885. The summed E-state index contributed by atoms with van der Waals surface area (Å²) in [4.78, 5) is 21.5. The Kier molecular flexibility index (Phi) is 5.93. The molecule has 0 bridgehead atoms. The molecule has 0 atom stereocenters. The molecule has 0 unspecified atom stereocenters. The molecule has 2 heterocycles. The first-order chi connectivity index (χ1) is 12.6. The molecule has 8 heteroatoms. The van der Waals surface area contributed by atoms with Crippen molar-refractivity contribution >= 4 is 12.0 Å². The second-order valence-corrected chi connectivity index (χ2v) is 6.22. The molecular formula is C18H20F2N4O2. The van der Waals surface area contributed by atoms with E-state index in [0.29, 0.717) is 31.5 Å². The Bertz CT molecular complexity index is 717. The van der Waals surface area contributed by atoms with E-state index in [9.17, 15) is 13.6 Å². The predicted octanol–water partition coefficient (Wildman–Crippen LogP) is 3.22. The van der Waals surface area contributed by atoms with Crippen LogP contribution in [0, 0.1) is 17.6 Å². The third kappa shape index (κ3) is 5.11.